The van der Waals surface area contributed by atoms with Crippen LogP contribution in [-0.2, 0) is 18.3 Å². The molecule has 0 radical (unpaired) electrons. The SMILES string of the molecule is Cc1cc(/C=N/NC(=O)Cc2ccc(F)cc2)c(C)n1C. The van der Waals surface area contributed by atoms with Gasteiger partial charge in [-0.15, -0.1) is 0 Å². The second-order valence-electron chi connectivity index (χ2n) is 4.98. The van der Waals surface area contributed by atoms with Crippen molar-refractivity contribution >= 4 is 12.1 Å². The first-order valence-electron chi connectivity index (χ1n) is 6.66. The van der Waals surface area contributed by atoms with E-state index in [1.807, 2.05) is 27.0 Å². The summed E-state index contributed by atoms with van der Waals surface area (Å²) in [4.78, 5) is 11.7. The molecule has 2 rings (SSSR count). The van der Waals surface area contributed by atoms with Crippen LogP contribution in [0.5, 0.6) is 0 Å². The Kier molecular flexibility index (Phi) is 4.52. The first-order valence-corrected chi connectivity index (χ1v) is 6.66. The van der Waals surface area contributed by atoms with E-state index < -0.39 is 0 Å². The minimum absolute atomic E-state index is 0.171. The lowest BCUT2D eigenvalue weighted by atomic mass is 10.1. The van der Waals surface area contributed by atoms with Crippen molar-refractivity contribution in [3.63, 3.8) is 0 Å². The van der Waals surface area contributed by atoms with Crippen molar-refractivity contribution in [3.8, 4) is 0 Å². The van der Waals surface area contributed by atoms with Crippen molar-refractivity contribution in [1.29, 1.82) is 0 Å². The summed E-state index contributed by atoms with van der Waals surface area (Å²) < 4.78 is 14.8. The van der Waals surface area contributed by atoms with E-state index in [-0.39, 0.29) is 18.1 Å². The molecule has 2 aromatic rings. The number of carbonyl (C=O) groups excluding carboxylic acids is 1. The molecule has 0 saturated heterocycles. The van der Waals surface area contributed by atoms with Crippen LogP contribution in [-0.4, -0.2) is 16.7 Å². The Labute approximate surface area is 123 Å². The van der Waals surface area contributed by atoms with Gasteiger partial charge in [0.1, 0.15) is 5.82 Å². The number of hydrogen-bond acceptors (Lipinski definition) is 2. The third-order valence-electron chi connectivity index (χ3n) is 3.49. The minimum Gasteiger partial charge on any atom is -0.352 e. The molecule has 0 fully saturated rings. The number of carbonyl (C=O) groups is 1. The maximum absolute atomic E-state index is 12.8. The third kappa shape index (κ3) is 3.78. The topological polar surface area (TPSA) is 46.4 Å². The van der Waals surface area contributed by atoms with E-state index in [1.165, 1.54) is 12.1 Å². The van der Waals surface area contributed by atoms with E-state index >= 15 is 0 Å². The Morgan fingerprint density at radius 1 is 1.33 bits per heavy atom. The zero-order valence-electron chi connectivity index (χ0n) is 12.4. The molecule has 0 saturated carbocycles. The lowest BCUT2D eigenvalue weighted by molar-refractivity contribution is -0.120. The Hall–Kier alpha value is -2.43. The number of aromatic nitrogens is 1. The zero-order valence-corrected chi connectivity index (χ0v) is 12.4. The number of halogens is 1. The number of benzene rings is 1. The summed E-state index contributed by atoms with van der Waals surface area (Å²) in [5.41, 5.74) is 6.41. The van der Waals surface area contributed by atoms with Crippen LogP contribution in [0.3, 0.4) is 0 Å². The third-order valence-corrected chi connectivity index (χ3v) is 3.49. The Balaban J connectivity index is 1.93. The van der Waals surface area contributed by atoms with E-state index in [1.54, 1.807) is 18.3 Å². The molecule has 1 heterocycles. The fourth-order valence-electron chi connectivity index (χ4n) is 2.02. The van der Waals surface area contributed by atoms with Gasteiger partial charge >= 0.3 is 0 Å². The van der Waals surface area contributed by atoms with E-state index in [9.17, 15) is 9.18 Å². The van der Waals surface area contributed by atoms with Crippen LogP contribution in [0.1, 0.15) is 22.5 Å². The number of hydrogen-bond donors (Lipinski definition) is 1. The molecular weight excluding hydrogens is 269 g/mol. The molecule has 1 amide bonds. The summed E-state index contributed by atoms with van der Waals surface area (Å²) in [5, 5.41) is 3.96. The van der Waals surface area contributed by atoms with Gasteiger partial charge in [0.25, 0.3) is 0 Å². The first kappa shape index (κ1) is 15.0. The van der Waals surface area contributed by atoms with Crippen molar-refractivity contribution in [2.45, 2.75) is 20.3 Å². The monoisotopic (exact) mass is 287 g/mol. The maximum atomic E-state index is 12.8. The molecule has 21 heavy (non-hydrogen) atoms. The fraction of sp³-hybridized carbons (Fsp3) is 0.250. The number of nitrogens with one attached hydrogen (secondary N) is 1. The molecule has 0 aliphatic rings. The van der Waals surface area contributed by atoms with Gasteiger partial charge in [0.2, 0.25) is 5.91 Å². The summed E-state index contributed by atoms with van der Waals surface area (Å²) in [6, 6.07) is 7.85. The first-order chi connectivity index (χ1) is 9.97. The highest BCUT2D eigenvalue weighted by Crippen LogP contribution is 2.10. The van der Waals surface area contributed by atoms with Gasteiger partial charge in [0.15, 0.2) is 0 Å². The molecule has 110 valence electrons. The number of nitrogens with zero attached hydrogens (tertiary/aromatic N) is 2. The van der Waals surface area contributed by atoms with Crippen LogP contribution in [0.25, 0.3) is 0 Å². The van der Waals surface area contributed by atoms with Crippen LogP contribution < -0.4 is 5.43 Å². The normalized spacial score (nSPS) is 11.0. The summed E-state index contributed by atoms with van der Waals surface area (Å²) in [6.45, 7) is 4.01. The van der Waals surface area contributed by atoms with Gasteiger partial charge in [-0.05, 0) is 37.6 Å². The predicted molar refractivity (Wildman–Crippen MR) is 80.7 cm³/mol. The minimum atomic E-state index is -0.313. The second kappa shape index (κ2) is 6.35. The van der Waals surface area contributed by atoms with E-state index in [0.717, 1.165) is 22.5 Å². The molecule has 0 atom stereocenters. The molecule has 0 unspecified atom stereocenters. The van der Waals surface area contributed by atoms with Crippen molar-refractivity contribution in [1.82, 2.24) is 9.99 Å². The number of rotatable bonds is 4. The lowest BCUT2D eigenvalue weighted by Crippen LogP contribution is -2.19. The summed E-state index contributed by atoms with van der Waals surface area (Å²) >= 11 is 0. The van der Waals surface area contributed by atoms with Gasteiger partial charge in [0, 0.05) is 24.0 Å². The summed E-state index contributed by atoms with van der Waals surface area (Å²) in [6.07, 6.45) is 1.80. The van der Waals surface area contributed by atoms with Gasteiger partial charge < -0.3 is 4.57 Å². The van der Waals surface area contributed by atoms with Gasteiger partial charge in [-0.25, -0.2) is 9.82 Å². The molecule has 5 heteroatoms. The van der Waals surface area contributed by atoms with Crippen LogP contribution in [0, 0.1) is 19.7 Å². The fourth-order valence-corrected chi connectivity index (χ4v) is 2.02. The molecule has 1 N–H and O–H groups in total. The molecule has 0 aliphatic heterocycles. The zero-order chi connectivity index (χ0) is 15.4. The number of amides is 1. The summed E-state index contributed by atoms with van der Waals surface area (Å²) in [7, 11) is 1.98. The Bertz CT molecular complexity index is 672. The van der Waals surface area contributed by atoms with Gasteiger partial charge in [-0.3, -0.25) is 4.79 Å². The largest absolute Gasteiger partial charge is 0.352 e. The van der Waals surface area contributed by atoms with Gasteiger partial charge in [-0.2, -0.15) is 5.10 Å². The molecular formula is C16H18FN3O. The maximum Gasteiger partial charge on any atom is 0.244 e. The van der Waals surface area contributed by atoms with Crippen LogP contribution in [0.4, 0.5) is 4.39 Å². The number of hydrazone groups is 1. The molecule has 0 aliphatic carbocycles. The highest BCUT2D eigenvalue weighted by atomic mass is 19.1. The summed E-state index contributed by atoms with van der Waals surface area (Å²) in [5.74, 6) is -0.546. The number of aryl methyl sites for hydroxylation is 1. The lowest BCUT2D eigenvalue weighted by Gasteiger charge is -2.01. The van der Waals surface area contributed by atoms with E-state index in [0.29, 0.717) is 0 Å². The average Bonchev–Trinajstić information content (AvgIpc) is 2.69. The standard InChI is InChI=1S/C16H18FN3O/c1-11-8-14(12(2)20(11)3)10-18-19-16(21)9-13-4-6-15(17)7-5-13/h4-8,10H,9H2,1-3H3,(H,19,21)/b18-10+. The smallest absolute Gasteiger partial charge is 0.244 e. The van der Waals surface area contributed by atoms with Crippen molar-refractivity contribution < 1.29 is 9.18 Å². The van der Waals surface area contributed by atoms with E-state index in [4.69, 9.17) is 0 Å². The quantitative estimate of drug-likeness (QED) is 0.681. The van der Waals surface area contributed by atoms with Crippen molar-refractivity contribution in [2.24, 2.45) is 12.1 Å². The van der Waals surface area contributed by atoms with Crippen LogP contribution in [0.2, 0.25) is 0 Å². The van der Waals surface area contributed by atoms with Crippen molar-refractivity contribution in [3.05, 3.63) is 58.7 Å². The Morgan fingerprint density at radius 3 is 2.57 bits per heavy atom. The molecule has 1 aromatic carbocycles. The van der Waals surface area contributed by atoms with Crippen molar-refractivity contribution in [2.75, 3.05) is 0 Å². The van der Waals surface area contributed by atoms with Crippen LogP contribution >= 0.6 is 0 Å². The Morgan fingerprint density at radius 2 is 2.00 bits per heavy atom. The van der Waals surface area contributed by atoms with Gasteiger partial charge in [0.05, 0.1) is 12.6 Å². The van der Waals surface area contributed by atoms with Gasteiger partial charge in [-0.1, -0.05) is 12.1 Å². The second-order valence-corrected chi connectivity index (χ2v) is 4.98. The molecule has 0 spiro atoms. The average molecular weight is 287 g/mol. The predicted octanol–water partition coefficient (Wildman–Crippen LogP) is 2.47. The van der Waals surface area contributed by atoms with Crippen LogP contribution in [0.15, 0.2) is 35.4 Å². The van der Waals surface area contributed by atoms with E-state index in [2.05, 4.69) is 15.1 Å². The highest BCUT2D eigenvalue weighted by molar-refractivity contribution is 5.84. The molecule has 4 nitrogen and oxygen atoms in total. The molecule has 0 bridgehead atoms. The highest BCUT2D eigenvalue weighted by Gasteiger charge is 2.04. The molecule has 1 aromatic heterocycles.